The van der Waals surface area contributed by atoms with E-state index >= 15 is 0 Å². The first-order valence-electron chi connectivity index (χ1n) is 4.30. The molecule has 1 heterocycles. The molecule has 0 radical (unpaired) electrons. The zero-order chi connectivity index (χ0) is 10.7. The standard InChI is InChI=1S/C9H8N6/c1-7-4-8(11-5-10)2-3-9(7)15-6-12-13-14-15/h2-4,6,11H,1H3. The smallest absolute Gasteiger partial charge is 0.181 e. The van der Waals surface area contributed by atoms with Gasteiger partial charge < -0.3 is 0 Å². The normalized spacial score (nSPS) is 9.60. The lowest BCUT2D eigenvalue weighted by Crippen LogP contribution is -1.99. The van der Waals surface area contributed by atoms with Gasteiger partial charge in [0.05, 0.1) is 5.69 Å². The van der Waals surface area contributed by atoms with E-state index in [1.807, 2.05) is 25.2 Å². The highest BCUT2D eigenvalue weighted by Gasteiger charge is 2.02. The van der Waals surface area contributed by atoms with Crippen LogP contribution >= 0.6 is 0 Å². The second kappa shape index (κ2) is 3.75. The van der Waals surface area contributed by atoms with Crippen molar-refractivity contribution in [2.75, 3.05) is 5.32 Å². The van der Waals surface area contributed by atoms with Gasteiger partial charge in [-0.3, -0.25) is 5.32 Å². The zero-order valence-corrected chi connectivity index (χ0v) is 8.05. The van der Waals surface area contributed by atoms with Gasteiger partial charge >= 0.3 is 0 Å². The molecule has 74 valence electrons. The van der Waals surface area contributed by atoms with Crippen molar-refractivity contribution in [2.24, 2.45) is 0 Å². The predicted molar refractivity (Wildman–Crippen MR) is 53.1 cm³/mol. The van der Waals surface area contributed by atoms with Gasteiger partial charge in [0.1, 0.15) is 6.33 Å². The molecule has 1 aromatic carbocycles. The molecule has 1 N–H and O–H groups in total. The van der Waals surface area contributed by atoms with E-state index in [-0.39, 0.29) is 0 Å². The van der Waals surface area contributed by atoms with Crippen molar-refractivity contribution in [3.63, 3.8) is 0 Å². The minimum Gasteiger partial charge on any atom is -0.293 e. The van der Waals surface area contributed by atoms with Gasteiger partial charge in [-0.25, -0.2) is 4.68 Å². The Morgan fingerprint density at radius 3 is 2.93 bits per heavy atom. The van der Waals surface area contributed by atoms with E-state index in [4.69, 9.17) is 5.26 Å². The fourth-order valence-corrected chi connectivity index (χ4v) is 1.33. The summed E-state index contributed by atoms with van der Waals surface area (Å²) in [5.74, 6) is 0. The van der Waals surface area contributed by atoms with Crippen molar-refractivity contribution in [1.29, 1.82) is 5.26 Å². The van der Waals surface area contributed by atoms with Gasteiger partial charge in [-0.05, 0) is 41.1 Å². The lowest BCUT2D eigenvalue weighted by molar-refractivity contribution is 0.785. The Morgan fingerprint density at radius 1 is 1.47 bits per heavy atom. The Morgan fingerprint density at radius 2 is 2.33 bits per heavy atom. The summed E-state index contributed by atoms with van der Waals surface area (Å²) < 4.78 is 1.57. The third kappa shape index (κ3) is 1.76. The fourth-order valence-electron chi connectivity index (χ4n) is 1.33. The molecule has 0 amide bonds. The Labute approximate surface area is 86.1 Å². The van der Waals surface area contributed by atoms with Crippen LogP contribution in [0, 0.1) is 18.4 Å². The number of hydrogen-bond donors (Lipinski definition) is 1. The van der Waals surface area contributed by atoms with Gasteiger partial charge in [0.2, 0.25) is 0 Å². The average molecular weight is 200 g/mol. The van der Waals surface area contributed by atoms with Gasteiger partial charge in [-0.15, -0.1) is 5.10 Å². The van der Waals surface area contributed by atoms with Crippen LogP contribution in [-0.4, -0.2) is 20.2 Å². The number of nitrogens with zero attached hydrogens (tertiary/aromatic N) is 5. The van der Waals surface area contributed by atoms with Gasteiger partial charge in [0.25, 0.3) is 0 Å². The van der Waals surface area contributed by atoms with Gasteiger partial charge in [0, 0.05) is 5.69 Å². The number of hydrogen-bond acceptors (Lipinski definition) is 5. The van der Waals surface area contributed by atoms with Gasteiger partial charge in [-0.1, -0.05) is 0 Å². The van der Waals surface area contributed by atoms with Crippen molar-refractivity contribution in [1.82, 2.24) is 20.2 Å². The lowest BCUT2D eigenvalue weighted by atomic mass is 10.2. The Balaban J connectivity index is 2.40. The van der Waals surface area contributed by atoms with E-state index in [2.05, 4.69) is 20.8 Å². The second-order valence-corrected chi connectivity index (χ2v) is 2.99. The molecule has 6 heteroatoms. The molecule has 15 heavy (non-hydrogen) atoms. The quantitative estimate of drug-likeness (QED) is 0.574. The van der Waals surface area contributed by atoms with Crippen molar-refractivity contribution in [3.8, 4) is 11.9 Å². The Bertz CT molecular complexity index is 496. The van der Waals surface area contributed by atoms with E-state index in [1.165, 1.54) is 6.33 Å². The molecular formula is C9H8N6. The number of nitrogens with one attached hydrogen (secondary N) is 1. The molecule has 2 aromatic rings. The van der Waals surface area contributed by atoms with Gasteiger partial charge in [-0.2, -0.15) is 5.26 Å². The lowest BCUT2D eigenvalue weighted by Gasteiger charge is -2.05. The van der Waals surface area contributed by atoms with E-state index in [0.717, 1.165) is 16.9 Å². The molecule has 0 saturated heterocycles. The van der Waals surface area contributed by atoms with Crippen molar-refractivity contribution < 1.29 is 0 Å². The van der Waals surface area contributed by atoms with E-state index in [0.29, 0.717) is 0 Å². The highest BCUT2D eigenvalue weighted by molar-refractivity contribution is 5.54. The van der Waals surface area contributed by atoms with E-state index in [9.17, 15) is 0 Å². The highest BCUT2D eigenvalue weighted by Crippen LogP contribution is 2.17. The number of anilines is 1. The third-order valence-electron chi connectivity index (χ3n) is 1.99. The molecule has 2 rings (SSSR count). The molecule has 0 aliphatic heterocycles. The molecule has 0 spiro atoms. The molecule has 0 bridgehead atoms. The summed E-state index contributed by atoms with van der Waals surface area (Å²) in [5.41, 5.74) is 2.64. The first kappa shape index (κ1) is 9.15. The second-order valence-electron chi connectivity index (χ2n) is 2.99. The fraction of sp³-hybridized carbons (Fsp3) is 0.111. The number of benzene rings is 1. The molecule has 0 fully saturated rings. The largest absolute Gasteiger partial charge is 0.293 e. The highest BCUT2D eigenvalue weighted by atomic mass is 15.5. The van der Waals surface area contributed by atoms with E-state index in [1.54, 1.807) is 10.7 Å². The molecule has 0 unspecified atom stereocenters. The number of tetrazole rings is 1. The minimum absolute atomic E-state index is 0.756. The summed E-state index contributed by atoms with van der Waals surface area (Å²) in [6.45, 7) is 1.93. The zero-order valence-electron chi connectivity index (χ0n) is 8.05. The van der Waals surface area contributed by atoms with Crippen LogP contribution in [0.4, 0.5) is 5.69 Å². The molecular weight excluding hydrogens is 192 g/mol. The topological polar surface area (TPSA) is 79.4 Å². The summed E-state index contributed by atoms with van der Waals surface area (Å²) >= 11 is 0. The SMILES string of the molecule is Cc1cc(NC#N)ccc1-n1cnnn1. The molecule has 0 aliphatic carbocycles. The number of aromatic nitrogens is 4. The van der Waals surface area contributed by atoms with Crippen molar-refractivity contribution in [2.45, 2.75) is 6.92 Å². The first-order valence-corrected chi connectivity index (χ1v) is 4.30. The van der Waals surface area contributed by atoms with Crippen molar-refractivity contribution in [3.05, 3.63) is 30.1 Å². The summed E-state index contributed by atoms with van der Waals surface area (Å²) in [7, 11) is 0. The van der Waals surface area contributed by atoms with Crippen LogP contribution < -0.4 is 5.32 Å². The minimum atomic E-state index is 0.756. The average Bonchev–Trinajstić information content (AvgIpc) is 2.71. The maximum atomic E-state index is 8.47. The summed E-state index contributed by atoms with van der Waals surface area (Å²) in [5, 5.41) is 21.9. The summed E-state index contributed by atoms with van der Waals surface area (Å²) in [6.07, 6.45) is 3.40. The Kier molecular flexibility index (Phi) is 2.29. The van der Waals surface area contributed by atoms with Gasteiger partial charge in [0.15, 0.2) is 6.19 Å². The maximum absolute atomic E-state index is 8.47. The number of nitriles is 1. The van der Waals surface area contributed by atoms with Crippen LogP contribution in [0.1, 0.15) is 5.56 Å². The molecule has 0 atom stereocenters. The number of aryl methyl sites for hydroxylation is 1. The molecule has 0 saturated carbocycles. The van der Waals surface area contributed by atoms with Crippen LogP contribution in [0.3, 0.4) is 0 Å². The van der Waals surface area contributed by atoms with Crippen LogP contribution in [0.2, 0.25) is 0 Å². The molecule has 1 aromatic heterocycles. The van der Waals surface area contributed by atoms with Crippen molar-refractivity contribution >= 4 is 5.69 Å². The van der Waals surface area contributed by atoms with Crippen LogP contribution in [0.25, 0.3) is 5.69 Å². The summed E-state index contributed by atoms with van der Waals surface area (Å²) in [6, 6.07) is 5.51. The van der Waals surface area contributed by atoms with E-state index < -0.39 is 0 Å². The van der Waals surface area contributed by atoms with Crippen LogP contribution in [-0.2, 0) is 0 Å². The van der Waals surface area contributed by atoms with Crippen LogP contribution in [0.15, 0.2) is 24.5 Å². The predicted octanol–water partition coefficient (Wildman–Crippen LogP) is 0.864. The first-order chi connectivity index (χ1) is 7.31. The Hall–Kier alpha value is -2.42. The third-order valence-corrected chi connectivity index (χ3v) is 1.99. The maximum Gasteiger partial charge on any atom is 0.181 e. The molecule has 6 nitrogen and oxygen atoms in total. The summed E-state index contributed by atoms with van der Waals surface area (Å²) in [4.78, 5) is 0. The molecule has 0 aliphatic rings. The number of rotatable bonds is 2. The monoisotopic (exact) mass is 200 g/mol. The van der Waals surface area contributed by atoms with Crippen LogP contribution in [0.5, 0.6) is 0 Å².